The van der Waals surface area contributed by atoms with Crippen molar-refractivity contribution in [2.75, 3.05) is 12.8 Å². The van der Waals surface area contributed by atoms with Crippen LogP contribution in [-0.2, 0) is 6.54 Å². The predicted molar refractivity (Wildman–Crippen MR) is 50.0 cm³/mol. The molecule has 4 heteroatoms. The van der Waals surface area contributed by atoms with Crippen LogP contribution in [0.1, 0.15) is 25.0 Å². The van der Waals surface area contributed by atoms with E-state index in [1.54, 1.807) is 6.20 Å². The van der Waals surface area contributed by atoms with Crippen molar-refractivity contribution in [1.29, 1.82) is 0 Å². The fourth-order valence-electron chi connectivity index (χ4n) is 1.60. The first-order valence-corrected chi connectivity index (χ1v) is 4.66. The van der Waals surface area contributed by atoms with E-state index in [9.17, 15) is 0 Å². The molecule has 0 bridgehead atoms. The van der Waals surface area contributed by atoms with Gasteiger partial charge in [0.1, 0.15) is 5.76 Å². The van der Waals surface area contributed by atoms with Crippen molar-refractivity contribution >= 4 is 6.01 Å². The van der Waals surface area contributed by atoms with Gasteiger partial charge in [0.15, 0.2) is 0 Å². The average molecular weight is 181 g/mol. The summed E-state index contributed by atoms with van der Waals surface area (Å²) in [4.78, 5) is 6.15. The SMILES string of the molecule is CN(Cc1cnc(N)o1)C1CCC1. The summed E-state index contributed by atoms with van der Waals surface area (Å²) in [5, 5.41) is 0. The Bertz CT molecular complexity index is 280. The van der Waals surface area contributed by atoms with Crippen molar-refractivity contribution in [1.82, 2.24) is 9.88 Å². The van der Waals surface area contributed by atoms with Crippen LogP contribution in [0.5, 0.6) is 0 Å². The molecule has 4 nitrogen and oxygen atoms in total. The Labute approximate surface area is 77.7 Å². The topological polar surface area (TPSA) is 55.3 Å². The fourth-order valence-corrected chi connectivity index (χ4v) is 1.60. The zero-order valence-electron chi connectivity index (χ0n) is 7.86. The summed E-state index contributed by atoms with van der Waals surface area (Å²) in [5.41, 5.74) is 5.38. The Kier molecular flexibility index (Phi) is 2.22. The third-order valence-corrected chi connectivity index (χ3v) is 2.67. The Morgan fingerprint density at radius 2 is 2.46 bits per heavy atom. The van der Waals surface area contributed by atoms with Gasteiger partial charge in [-0.15, -0.1) is 0 Å². The number of hydrogen-bond acceptors (Lipinski definition) is 4. The molecule has 1 aliphatic rings. The van der Waals surface area contributed by atoms with Crippen LogP contribution >= 0.6 is 0 Å². The molecule has 0 radical (unpaired) electrons. The van der Waals surface area contributed by atoms with Crippen LogP contribution in [0.2, 0.25) is 0 Å². The smallest absolute Gasteiger partial charge is 0.292 e. The number of anilines is 1. The van der Waals surface area contributed by atoms with E-state index in [1.807, 2.05) is 0 Å². The molecule has 1 saturated carbocycles. The Morgan fingerprint density at radius 3 is 2.92 bits per heavy atom. The van der Waals surface area contributed by atoms with Crippen LogP contribution in [0.3, 0.4) is 0 Å². The summed E-state index contributed by atoms with van der Waals surface area (Å²) >= 11 is 0. The molecule has 1 fully saturated rings. The molecule has 0 amide bonds. The van der Waals surface area contributed by atoms with Crippen LogP contribution in [0.4, 0.5) is 6.01 Å². The van der Waals surface area contributed by atoms with E-state index in [0.29, 0.717) is 0 Å². The summed E-state index contributed by atoms with van der Waals surface area (Å²) in [6.45, 7) is 0.814. The van der Waals surface area contributed by atoms with Crippen LogP contribution in [-0.4, -0.2) is 23.0 Å². The van der Waals surface area contributed by atoms with Gasteiger partial charge in [0, 0.05) is 6.04 Å². The summed E-state index contributed by atoms with van der Waals surface area (Å²) in [5.74, 6) is 0.854. The van der Waals surface area contributed by atoms with Crippen molar-refractivity contribution in [2.24, 2.45) is 0 Å². The zero-order chi connectivity index (χ0) is 9.26. The molecule has 13 heavy (non-hydrogen) atoms. The number of rotatable bonds is 3. The minimum absolute atomic E-state index is 0.261. The molecule has 0 atom stereocenters. The maximum absolute atomic E-state index is 5.38. The normalized spacial score (nSPS) is 17.7. The van der Waals surface area contributed by atoms with Crippen LogP contribution in [0, 0.1) is 0 Å². The van der Waals surface area contributed by atoms with Crippen LogP contribution in [0.15, 0.2) is 10.6 Å². The summed E-state index contributed by atoms with van der Waals surface area (Å²) < 4.78 is 5.20. The maximum Gasteiger partial charge on any atom is 0.292 e. The van der Waals surface area contributed by atoms with Gasteiger partial charge in [-0.05, 0) is 19.9 Å². The minimum atomic E-state index is 0.261. The van der Waals surface area contributed by atoms with Crippen molar-refractivity contribution in [3.8, 4) is 0 Å². The molecule has 0 unspecified atom stereocenters. The van der Waals surface area contributed by atoms with Gasteiger partial charge >= 0.3 is 0 Å². The van der Waals surface area contributed by atoms with E-state index >= 15 is 0 Å². The van der Waals surface area contributed by atoms with Crippen molar-refractivity contribution in [3.63, 3.8) is 0 Å². The number of nitrogens with two attached hydrogens (primary N) is 1. The van der Waals surface area contributed by atoms with Gasteiger partial charge in [-0.1, -0.05) is 6.42 Å². The van der Waals surface area contributed by atoms with Crippen molar-refractivity contribution in [2.45, 2.75) is 31.8 Å². The van der Waals surface area contributed by atoms with Gasteiger partial charge in [0.25, 0.3) is 6.01 Å². The molecular weight excluding hydrogens is 166 g/mol. The highest BCUT2D eigenvalue weighted by Gasteiger charge is 2.22. The molecule has 0 spiro atoms. The standard InChI is InChI=1S/C9H15N3O/c1-12(7-3-2-4-7)6-8-5-11-9(10)13-8/h5,7H,2-4,6H2,1H3,(H2,10,11). The van der Waals surface area contributed by atoms with E-state index in [4.69, 9.17) is 10.2 Å². The van der Waals surface area contributed by atoms with Gasteiger partial charge in [-0.25, -0.2) is 4.98 Å². The number of nitrogen functional groups attached to an aromatic ring is 1. The lowest BCUT2D eigenvalue weighted by Gasteiger charge is -2.33. The summed E-state index contributed by atoms with van der Waals surface area (Å²) in [6.07, 6.45) is 5.66. The quantitative estimate of drug-likeness (QED) is 0.762. The number of oxazole rings is 1. The fraction of sp³-hybridized carbons (Fsp3) is 0.667. The summed E-state index contributed by atoms with van der Waals surface area (Å²) in [6, 6.07) is 0.989. The third-order valence-electron chi connectivity index (χ3n) is 2.67. The average Bonchev–Trinajstić information content (AvgIpc) is 2.31. The van der Waals surface area contributed by atoms with E-state index in [2.05, 4.69) is 16.9 Å². The first-order valence-electron chi connectivity index (χ1n) is 4.66. The first-order chi connectivity index (χ1) is 6.25. The predicted octanol–water partition coefficient (Wildman–Crippen LogP) is 1.24. The molecule has 2 N–H and O–H groups in total. The molecule has 1 aromatic heterocycles. The highest BCUT2D eigenvalue weighted by molar-refractivity contribution is 5.10. The van der Waals surface area contributed by atoms with Crippen LogP contribution < -0.4 is 5.73 Å². The second-order valence-electron chi connectivity index (χ2n) is 3.66. The Hall–Kier alpha value is -1.03. The molecule has 0 saturated heterocycles. The lowest BCUT2D eigenvalue weighted by molar-refractivity contribution is 0.143. The second kappa shape index (κ2) is 3.38. The third kappa shape index (κ3) is 1.83. The monoisotopic (exact) mass is 181 g/mol. The summed E-state index contributed by atoms with van der Waals surface area (Å²) in [7, 11) is 2.11. The second-order valence-corrected chi connectivity index (χ2v) is 3.66. The van der Waals surface area contributed by atoms with Gasteiger partial charge in [-0.3, -0.25) is 4.90 Å². The lowest BCUT2D eigenvalue weighted by Crippen LogP contribution is -2.36. The number of nitrogens with zero attached hydrogens (tertiary/aromatic N) is 2. The van der Waals surface area contributed by atoms with Gasteiger partial charge in [0.05, 0.1) is 12.7 Å². The van der Waals surface area contributed by atoms with E-state index in [1.165, 1.54) is 19.3 Å². The van der Waals surface area contributed by atoms with E-state index < -0.39 is 0 Å². The van der Waals surface area contributed by atoms with Gasteiger partial charge in [-0.2, -0.15) is 0 Å². The Balaban J connectivity index is 1.89. The highest BCUT2D eigenvalue weighted by atomic mass is 16.4. The minimum Gasteiger partial charge on any atom is -0.428 e. The van der Waals surface area contributed by atoms with Crippen molar-refractivity contribution in [3.05, 3.63) is 12.0 Å². The van der Waals surface area contributed by atoms with Gasteiger partial charge < -0.3 is 10.2 Å². The van der Waals surface area contributed by atoms with E-state index in [0.717, 1.165) is 18.3 Å². The molecular formula is C9H15N3O. The van der Waals surface area contributed by atoms with E-state index in [-0.39, 0.29) is 6.01 Å². The molecule has 72 valence electrons. The highest BCUT2D eigenvalue weighted by Crippen LogP contribution is 2.24. The molecule has 0 aliphatic heterocycles. The van der Waals surface area contributed by atoms with Gasteiger partial charge in [0.2, 0.25) is 0 Å². The van der Waals surface area contributed by atoms with Crippen LogP contribution in [0.25, 0.3) is 0 Å². The molecule has 1 aliphatic carbocycles. The zero-order valence-corrected chi connectivity index (χ0v) is 7.86. The molecule has 1 aromatic rings. The number of hydrogen-bond donors (Lipinski definition) is 1. The molecule has 1 heterocycles. The van der Waals surface area contributed by atoms with Crippen molar-refractivity contribution < 1.29 is 4.42 Å². The Morgan fingerprint density at radius 1 is 1.69 bits per heavy atom. The first kappa shape index (κ1) is 8.56. The molecule has 2 rings (SSSR count). The molecule has 0 aromatic carbocycles. The largest absolute Gasteiger partial charge is 0.428 e. The number of aromatic nitrogens is 1. The lowest BCUT2D eigenvalue weighted by atomic mass is 9.92. The maximum atomic E-state index is 5.38.